The number of pyridine rings is 2. The molecule has 1 unspecified atom stereocenters. The minimum absolute atomic E-state index is 0.104. The molecule has 0 aliphatic carbocycles. The van der Waals surface area contributed by atoms with Crippen molar-refractivity contribution in [1.29, 1.82) is 0 Å². The van der Waals surface area contributed by atoms with E-state index in [4.69, 9.17) is 9.72 Å². The molecule has 1 aromatic carbocycles. The third kappa shape index (κ3) is 5.53. The van der Waals surface area contributed by atoms with E-state index >= 15 is 0 Å². The molecule has 1 aliphatic heterocycles. The Morgan fingerprint density at radius 1 is 1.12 bits per heavy atom. The SMILES string of the molecule is COc1cncc(-c2cc3cc[nH]c(=O)c3c(Nc3ccc(C4CCN(C(C)C(=O)N(C)C)CC4)c(C)c3)n2)n1. The Balaban J connectivity index is 1.39. The quantitative estimate of drug-likeness (QED) is 0.359. The second-order valence-electron chi connectivity index (χ2n) is 10.5. The molecule has 208 valence electrons. The number of ether oxygens (including phenoxy) is 1. The lowest BCUT2D eigenvalue weighted by Crippen LogP contribution is -2.47. The van der Waals surface area contributed by atoms with Crippen LogP contribution in [0.4, 0.5) is 11.5 Å². The average Bonchev–Trinajstić information content (AvgIpc) is 2.96. The van der Waals surface area contributed by atoms with E-state index in [1.807, 2.05) is 39.2 Å². The topological polar surface area (TPSA) is 116 Å². The van der Waals surface area contributed by atoms with Gasteiger partial charge in [0.15, 0.2) is 0 Å². The molecule has 0 saturated carbocycles. The number of hydrogen-bond donors (Lipinski definition) is 2. The smallest absolute Gasteiger partial charge is 0.259 e. The standard InChI is InChI=1S/C30H35N7O3/c1-18-14-22(6-7-23(18)20-9-12-37(13-10-20)19(2)30(39)36(3)4)33-28-27-21(8-11-32-29(27)38)15-24(35-28)25-16-31-17-26(34-25)40-5/h6-8,11,14-17,19-20H,9-10,12-13H2,1-5H3,(H,32,38)(H,33,35). The lowest BCUT2D eigenvalue weighted by molar-refractivity contribution is -0.134. The zero-order valence-corrected chi connectivity index (χ0v) is 23.6. The largest absolute Gasteiger partial charge is 0.480 e. The van der Waals surface area contributed by atoms with Crippen molar-refractivity contribution >= 4 is 28.2 Å². The molecule has 5 rings (SSSR count). The first-order valence-electron chi connectivity index (χ1n) is 13.5. The number of nitrogens with one attached hydrogen (secondary N) is 2. The van der Waals surface area contributed by atoms with Crippen molar-refractivity contribution in [2.75, 3.05) is 39.6 Å². The van der Waals surface area contributed by atoms with Gasteiger partial charge in [-0.2, -0.15) is 0 Å². The van der Waals surface area contributed by atoms with E-state index in [9.17, 15) is 9.59 Å². The van der Waals surface area contributed by atoms with E-state index in [0.29, 0.717) is 34.4 Å². The Bertz CT molecular complexity index is 1590. The number of carbonyl (C=O) groups excluding carboxylic acids is 1. The van der Waals surface area contributed by atoms with Gasteiger partial charge in [0.2, 0.25) is 11.8 Å². The van der Waals surface area contributed by atoms with E-state index in [2.05, 4.69) is 44.2 Å². The third-order valence-electron chi connectivity index (χ3n) is 7.69. The lowest BCUT2D eigenvalue weighted by atomic mass is 9.86. The number of amides is 1. The molecular formula is C30H35N7O3. The average molecular weight is 542 g/mol. The second kappa shape index (κ2) is 11.4. The van der Waals surface area contributed by atoms with Crippen molar-refractivity contribution in [1.82, 2.24) is 29.7 Å². The molecule has 1 atom stereocenters. The van der Waals surface area contributed by atoms with Gasteiger partial charge in [-0.05, 0) is 86.5 Å². The molecule has 0 spiro atoms. The van der Waals surface area contributed by atoms with E-state index in [-0.39, 0.29) is 17.5 Å². The molecule has 3 aromatic heterocycles. The number of piperidine rings is 1. The van der Waals surface area contributed by atoms with Crippen LogP contribution in [-0.4, -0.2) is 76.0 Å². The van der Waals surface area contributed by atoms with Gasteiger partial charge in [-0.25, -0.2) is 9.97 Å². The zero-order valence-electron chi connectivity index (χ0n) is 23.6. The van der Waals surface area contributed by atoms with Gasteiger partial charge in [-0.15, -0.1) is 0 Å². The molecule has 1 aliphatic rings. The van der Waals surface area contributed by atoms with Gasteiger partial charge in [0, 0.05) is 26.0 Å². The Morgan fingerprint density at radius 3 is 2.60 bits per heavy atom. The highest BCUT2D eigenvalue weighted by molar-refractivity contribution is 5.95. The summed E-state index contributed by atoms with van der Waals surface area (Å²) < 4.78 is 5.23. The maximum atomic E-state index is 12.8. The number of aromatic nitrogens is 4. The molecule has 2 N–H and O–H groups in total. The first kappa shape index (κ1) is 27.3. The summed E-state index contributed by atoms with van der Waals surface area (Å²) in [6.07, 6.45) is 6.78. The number of rotatable bonds is 7. The summed E-state index contributed by atoms with van der Waals surface area (Å²) in [5.74, 6) is 1.41. The zero-order chi connectivity index (χ0) is 28.4. The highest BCUT2D eigenvalue weighted by Gasteiger charge is 2.28. The van der Waals surface area contributed by atoms with Crippen LogP contribution in [0.2, 0.25) is 0 Å². The number of aryl methyl sites for hydroxylation is 1. The van der Waals surface area contributed by atoms with Crippen LogP contribution >= 0.6 is 0 Å². The minimum Gasteiger partial charge on any atom is -0.480 e. The summed E-state index contributed by atoms with van der Waals surface area (Å²) in [6.45, 7) is 5.89. The molecular weight excluding hydrogens is 506 g/mol. The molecule has 1 saturated heterocycles. The van der Waals surface area contributed by atoms with Crippen LogP contribution in [-0.2, 0) is 4.79 Å². The normalized spacial score (nSPS) is 15.1. The molecule has 0 bridgehead atoms. The second-order valence-corrected chi connectivity index (χ2v) is 10.5. The van der Waals surface area contributed by atoms with Gasteiger partial charge in [-0.1, -0.05) is 6.07 Å². The number of carbonyl (C=O) groups is 1. The van der Waals surface area contributed by atoms with Crippen LogP contribution in [0.5, 0.6) is 5.88 Å². The maximum Gasteiger partial charge on any atom is 0.259 e. The number of nitrogens with zero attached hydrogens (tertiary/aromatic N) is 5. The molecule has 4 heterocycles. The molecule has 1 amide bonds. The summed E-state index contributed by atoms with van der Waals surface area (Å²) >= 11 is 0. The molecule has 0 radical (unpaired) electrons. The minimum atomic E-state index is -0.224. The van der Waals surface area contributed by atoms with E-state index in [0.717, 1.165) is 37.0 Å². The molecule has 10 nitrogen and oxygen atoms in total. The Kier molecular flexibility index (Phi) is 7.79. The van der Waals surface area contributed by atoms with Crippen molar-refractivity contribution in [2.45, 2.75) is 38.6 Å². The van der Waals surface area contributed by atoms with E-state index < -0.39 is 0 Å². The van der Waals surface area contributed by atoms with Crippen LogP contribution in [0.15, 0.2) is 53.7 Å². The number of aromatic amines is 1. The summed E-state index contributed by atoms with van der Waals surface area (Å²) in [7, 11) is 5.15. The van der Waals surface area contributed by atoms with Crippen molar-refractivity contribution < 1.29 is 9.53 Å². The molecule has 1 fully saturated rings. The van der Waals surface area contributed by atoms with Crippen LogP contribution in [0.3, 0.4) is 0 Å². The first-order valence-corrected chi connectivity index (χ1v) is 13.5. The predicted molar refractivity (Wildman–Crippen MR) is 156 cm³/mol. The van der Waals surface area contributed by atoms with Gasteiger partial charge in [0.25, 0.3) is 5.56 Å². The molecule has 4 aromatic rings. The maximum absolute atomic E-state index is 12.8. The summed E-state index contributed by atoms with van der Waals surface area (Å²) in [6, 6.07) is 9.86. The highest BCUT2D eigenvalue weighted by atomic mass is 16.5. The number of H-pyrrole nitrogens is 1. The Morgan fingerprint density at radius 2 is 1.90 bits per heavy atom. The monoisotopic (exact) mass is 541 g/mol. The molecule has 40 heavy (non-hydrogen) atoms. The van der Waals surface area contributed by atoms with E-state index in [1.54, 1.807) is 17.3 Å². The fourth-order valence-corrected chi connectivity index (χ4v) is 5.48. The fraction of sp³-hybridized carbons (Fsp3) is 0.367. The summed E-state index contributed by atoms with van der Waals surface area (Å²) in [5, 5.41) is 4.59. The number of likely N-dealkylation sites (N-methyl/N-ethyl adjacent to an activating group) is 1. The number of benzene rings is 1. The van der Waals surface area contributed by atoms with Crippen molar-refractivity contribution in [3.63, 3.8) is 0 Å². The van der Waals surface area contributed by atoms with Crippen LogP contribution < -0.4 is 15.6 Å². The van der Waals surface area contributed by atoms with E-state index in [1.165, 1.54) is 24.4 Å². The number of fused-ring (bicyclic) bond motifs is 1. The van der Waals surface area contributed by atoms with Gasteiger partial charge in [0.05, 0.1) is 36.6 Å². The van der Waals surface area contributed by atoms with Crippen LogP contribution in [0.1, 0.15) is 36.8 Å². The van der Waals surface area contributed by atoms with Crippen molar-refractivity contribution in [2.24, 2.45) is 0 Å². The van der Waals surface area contributed by atoms with Gasteiger partial charge in [-0.3, -0.25) is 19.5 Å². The molecule has 10 heteroatoms. The van der Waals surface area contributed by atoms with Gasteiger partial charge in [0.1, 0.15) is 11.5 Å². The summed E-state index contributed by atoms with van der Waals surface area (Å²) in [4.78, 5) is 45.3. The number of likely N-dealkylation sites (tertiary alicyclic amines) is 1. The Labute approximate surface area is 233 Å². The van der Waals surface area contributed by atoms with Crippen molar-refractivity contribution in [3.8, 4) is 17.3 Å². The van der Waals surface area contributed by atoms with Gasteiger partial charge >= 0.3 is 0 Å². The number of hydrogen-bond acceptors (Lipinski definition) is 8. The number of anilines is 2. The van der Waals surface area contributed by atoms with Crippen LogP contribution in [0.25, 0.3) is 22.2 Å². The summed E-state index contributed by atoms with van der Waals surface area (Å²) in [5.41, 5.74) is 4.23. The number of methoxy groups -OCH3 is 1. The fourth-order valence-electron chi connectivity index (χ4n) is 5.48. The third-order valence-corrected chi connectivity index (χ3v) is 7.69. The Hall–Kier alpha value is -4.31. The highest BCUT2D eigenvalue weighted by Crippen LogP contribution is 2.34. The first-order chi connectivity index (χ1) is 19.2. The van der Waals surface area contributed by atoms with Crippen LogP contribution in [0, 0.1) is 6.92 Å². The predicted octanol–water partition coefficient (Wildman–Crippen LogP) is 4.10. The lowest BCUT2D eigenvalue weighted by Gasteiger charge is -2.36. The van der Waals surface area contributed by atoms with Crippen molar-refractivity contribution in [3.05, 3.63) is 70.4 Å². The van der Waals surface area contributed by atoms with Gasteiger partial charge < -0.3 is 19.9 Å².